The van der Waals surface area contributed by atoms with E-state index < -0.39 is 29.2 Å². The number of amides is 1. The number of aromatic nitrogens is 5. The van der Waals surface area contributed by atoms with E-state index in [1.165, 1.54) is 11.1 Å². The molecule has 2 aromatic carbocycles. The summed E-state index contributed by atoms with van der Waals surface area (Å²) in [4.78, 5) is 54.2. The number of ether oxygens (including phenoxy) is 3. The lowest BCUT2D eigenvalue weighted by atomic mass is 10.0. The number of pyridine rings is 1. The molecule has 3 aromatic heterocycles. The van der Waals surface area contributed by atoms with Crippen molar-refractivity contribution in [3.05, 3.63) is 108 Å². The Labute approximate surface area is 294 Å². The van der Waals surface area contributed by atoms with E-state index in [-0.39, 0.29) is 31.0 Å². The summed E-state index contributed by atoms with van der Waals surface area (Å²) in [5.74, 6) is -0.274. The molecule has 1 aliphatic rings. The predicted molar refractivity (Wildman–Crippen MR) is 186 cm³/mol. The highest BCUT2D eigenvalue weighted by Gasteiger charge is 2.32. The van der Waals surface area contributed by atoms with Crippen LogP contribution < -0.4 is 4.90 Å². The average molecular weight is 693 g/mol. The standard InChI is InChI=1S/C38H37FN6O6/c1-37(2,3)50-35(47)44-20-27(18-41-44)24-10-12-29(13-11-24)45(36(48)51-38(4,5)6)34-30-21-49-22-31(30)42-33(43-34)25-9-7-8-23(14-25)15-32(46)26-16-28(39)19-40-17-26/h7-14,16-20H,15,21-22H2,1-6H3. The van der Waals surface area contributed by atoms with Gasteiger partial charge in [-0.2, -0.15) is 9.78 Å². The minimum atomic E-state index is -0.820. The van der Waals surface area contributed by atoms with Gasteiger partial charge in [0, 0.05) is 41.1 Å². The molecule has 0 fully saturated rings. The van der Waals surface area contributed by atoms with E-state index in [1.807, 2.05) is 6.07 Å². The van der Waals surface area contributed by atoms with Gasteiger partial charge in [0.05, 0.1) is 37.0 Å². The quantitative estimate of drug-likeness (QED) is 0.155. The summed E-state index contributed by atoms with van der Waals surface area (Å²) < 4.78 is 31.9. The zero-order valence-corrected chi connectivity index (χ0v) is 29.1. The molecular weight excluding hydrogens is 655 g/mol. The molecule has 12 nitrogen and oxygen atoms in total. The number of halogens is 1. The van der Waals surface area contributed by atoms with Gasteiger partial charge in [0.2, 0.25) is 0 Å². The second-order valence-electron chi connectivity index (χ2n) is 14.0. The Hall–Kier alpha value is -5.82. The summed E-state index contributed by atoms with van der Waals surface area (Å²) in [6, 6.07) is 15.4. The first-order valence-electron chi connectivity index (χ1n) is 16.3. The number of carbonyl (C=O) groups is 3. The highest BCUT2D eigenvalue weighted by Crippen LogP contribution is 2.36. The molecule has 0 bridgehead atoms. The van der Waals surface area contributed by atoms with Crippen molar-refractivity contribution < 1.29 is 33.0 Å². The molecule has 0 spiro atoms. The molecule has 0 aliphatic carbocycles. The van der Waals surface area contributed by atoms with Gasteiger partial charge < -0.3 is 14.2 Å². The lowest BCUT2D eigenvalue weighted by Crippen LogP contribution is -2.35. The van der Waals surface area contributed by atoms with E-state index in [0.29, 0.717) is 45.3 Å². The van der Waals surface area contributed by atoms with Gasteiger partial charge in [-0.1, -0.05) is 30.3 Å². The highest BCUT2D eigenvalue weighted by atomic mass is 19.1. The van der Waals surface area contributed by atoms with E-state index >= 15 is 0 Å². The number of ketones is 1. The van der Waals surface area contributed by atoms with Gasteiger partial charge in [0.1, 0.15) is 17.0 Å². The van der Waals surface area contributed by atoms with Crippen LogP contribution in [0.15, 0.2) is 79.4 Å². The topological polar surface area (TPSA) is 139 Å². The number of rotatable bonds is 7. The van der Waals surface area contributed by atoms with Crippen LogP contribution in [0.4, 0.5) is 25.5 Å². The van der Waals surface area contributed by atoms with Crippen molar-refractivity contribution in [2.24, 2.45) is 0 Å². The Morgan fingerprint density at radius 3 is 2.31 bits per heavy atom. The molecule has 0 radical (unpaired) electrons. The van der Waals surface area contributed by atoms with Gasteiger partial charge >= 0.3 is 12.2 Å². The minimum absolute atomic E-state index is 0.00689. The van der Waals surface area contributed by atoms with Gasteiger partial charge in [-0.3, -0.25) is 9.78 Å². The number of benzene rings is 2. The highest BCUT2D eigenvalue weighted by molar-refractivity contribution is 5.98. The molecule has 0 N–H and O–H groups in total. The number of hydrogen-bond acceptors (Lipinski definition) is 10. The number of Topliss-reactive ketones (excluding diaryl/α,β-unsaturated/α-hetero) is 1. The van der Waals surface area contributed by atoms with Gasteiger partial charge in [0.15, 0.2) is 17.4 Å². The molecule has 1 aliphatic heterocycles. The normalized spacial score (nSPS) is 12.7. The summed E-state index contributed by atoms with van der Waals surface area (Å²) in [6.45, 7) is 11.1. The maximum absolute atomic E-state index is 14.0. The van der Waals surface area contributed by atoms with Gasteiger partial charge in [-0.25, -0.2) is 28.8 Å². The van der Waals surface area contributed by atoms with Crippen molar-refractivity contribution in [1.82, 2.24) is 24.7 Å². The van der Waals surface area contributed by atoms with Crippen LogP contribution in [0.2, 0.25) is 0 Å². The van der Waals surface area contributed by atoms with Crippen LogP contribution in [0.5, 0.6) is 0 Å². The Morgan fingerprint density at radius 1 is 0.863 bits per heavy atom. The van der Waals surface area contributed by atoms with E-state index in [2.05, 4.69) is 10.1 Å². The maximum Gasteiger partial charge on any atom is 0.435 e. The molecule has 6 rings (SSSR count). The molecule has 4 heterocycles. The Bertz CT molecular complexity index is 2120. The summed E-state index contributed by atoms with van der Waals surface area (Å²) in [5.41, 5.74) is 3.08. The molecule has 5 aromatic rings. The molecular formula is C38H37FN6O6. The SMILES string of the molecule is CC(C)(C)OC(=O)N(c1ccc(-c2cnn(C(=O)OC(C)(C)C)c2)cc1)c1nc(-c2cccc(CC(=O)c3cncc(F)c3)c2)nc2c1COC2. The van der Waals surface area contributed by atoms with Crippen LogP contribution in [0.3, 0.4) is 0 Å². The van der Waals surface area contributed by atoms with Crippen LogP contribution >= 0.6 is 0 Å². The van der Waals surface area contributed by atoms with Crippen LogP contribution in [-0.2, 0) is 33.8 Å². The van der Waals surface area contributed by atoms with E-state index in [9.17, 15) is 18.8 Å². The first-order chi connectivity index (χ1) is 24.1. The lowest BCUT2D eigenvalue weighted by Gasteiger charge is -2.28. The molecule has 262 valence electrons. The minimum Gasteiger partial charge on any atom is -0.443 e. The third-order valence-corrected chi connectivity index (χ3v) is 7.54. The third-order valence-electron chi connectivity index (χ3n) is 7.54. The van der Waals surface area contributed by atoms with Crippen LogP contribution in [0.25, 0.3) is 22.5 Å². The molecule has 1 amide bonds. The van der Waals surface area contributed by atoms with Crippen molar-refractivity contribution in [2.45, 2.75) is 72.4 Å². The van der Waals surface area contributed by atoms with Gasteiger partial charge in [-0.15, -0.1) is 0 Å². The Morgan fingerprint density at radius 2 is 1.61 bits per heavy atom. The largest absolute Gasteiger partial charge is 0.443 e. The van der Waals surface area contributed by atoms with Crippen molar-refractivity contribution in [3.8, 4) is 22.5 Å². The molecule has 0 saturated carbocycles. The molecule has 0 unspecified atom stereocenters. The Balaban J connectivity index is 1.35. The van der Waals surface area contributed by atoms with Crippen LogP contribution in [0, 0.1) is 5.82 Å². The fourth-order valence-electron chi connectivity index (χ4n) is 5.33. The average Bonchev–Trinajstić information content (AvgIpc) is 3.75. The predicted octanol–water partition coefficient (Wildman–Crippen LogP) is 7.85. The van der Waals surface area contributed by atoms with E-state index in [4.69, 9.17) is 24.2 Å². The second kappa shape index (κ2) is 13.8. The van der Waals surface area contributed by atoms with E-state index in [1.54, 1.807) is 96.4 Å². The number of hydrogen-bond donors (Lipinski definition) is 0. The van der Waals surface area contributed by atoms with Crippen molar-refractivity contribution in [2.75, 3.05) is 4.90 Å². The van der Waals surface area contributed by atoms with E-state index in [0.717, 1.165) is 22.5 Å². The summed E-state index contributed by atoms with van der Waals surface area (Å²) in [6.07, 6.45) is 4.26. The first-order valence-corrected chi connectivity index (χ1v) is 16.3. The molecule has 51 heavy (non-hydrogen) atoms. The lowest BCUT2D eigenvalue weighted by molar-refractivity contribution is 0.0513. The molecule has 0 atom stereocenters. The summed E-state index contributed by atoms with van der Waals surface area (Å²) in [5, 5.41) is 4.16. The summed E-state index contributed by atoms with van der Waals surface area (Å²) >= 11 is 0. The fourth-order valence-corrected chi connectivity index (χ4v) is 5.33. The van der Waals surface area contributed by atoms with Crippen molar-refractivity contribution in [1.29, 1.82) is 0 Å². The van der Waals surface area contributed by atoms with Gasteiger partial charge in [0.25, 0.3) is 0 Å². The number of nitrogens with zero attached hydrogens (tertiary/aromatic N) is 6. The maximum atomic E-state index is 14.0. The first kappa shape index (κ1) is 35.0. The van der Waals surface area contributed by atoms with Gasteiger partial charge in [-0.05, 0) is 76.9 Å². The zero-order chi connectivity index (χ0) is 36.5. The monoisotopic (exact) mass is 692 g/mol. The molecule has 13 heteroatoms. The van der Waals surface area contributed by atoms with Crippen molar-refractivity contribution in [3.63, 3.8) is 0 Å². The number of anilines is 2. The third kappa shape index (κ3) is 8.32. The zero-order valence-electron chi connectivity index (χ0n) is 29.1. The van der Waals surface area contributed by atoms with Crippen LogP contribution in [-0.4, -0.2) is 53.9 Å². The Kier molecular flexibility index (Phi) is 9.50. The number of carbonyl (C=O) groups excluding carboxylic acids is 3. The molecule has 0 saturated heterocycles. The van der Waals surface area contributed by atoms with Crippen LogP contribution in [0.1, 0.15) is 68.7 Å². The smallest absolute Gasteiger partial charge is 0.435 e. The van der Waals surface area contributed by atoms with Crippen molar-refractivity contribution >= 4 is 29.5 Å². The number of fused-ring (bicyclic) bond motifs is 1. The summed E-state index contributed by atoms with van der Waals surface area (Å²) in [7, 11) is 0. The second-order valence-corrected chi connectivity index (χ2v) is 14.0. The fraction of sp³-hybridized carbons (Fsp3) is 0.289.